The summed E-state index contributed by atoms with van der Waals surface area (Å²) >= 11 is 5.88. The molecule has 0 saturated heterocycles. The third-order valence-corrected chi connectivity index (χ3v) is 4.15. The highest BCUT2D eigenvalue weighted by Gasteiger charge is 2.49. The minimum Gasteiger partial charge on any atom is -0.483 e. The van der Waals surface area contributed by atoms with Gasteiger partial charge in [0.15, 0.2) is 5.75 Å². The summed E-state index contributed by atoms with van der Waals surface area (Å²) in [6.45, 7) is 4.16. The Bertz CT molecular complexity index is 505. The Morgan fingerprint density at radius 3 is 2.74 bits per heavy atom. The predicted molar refractivity (Wildman–Crippen MR) is 73.8 cm³/mol. The summed E-state index contributed by atoms with van der Waals surface area (Å²) in [5.41, 5.74) is -0.113. The lowest BCUT2D eigenvalue weighted by molar-refractivity contribution is -0.386. The third-order valence-electron chi connectivity index (χ3n) is 3.91. The SMILES string of the molecule is CNC1CC(Oc2cc(Cl)ccc2[N+](=O)[O-])C1(C)C. The number of nitrogens with one attached hydrogen (secondary N) is 1. The van der Waals surface area contributed by atoms with Crippen LogP contribution in [0.5, 0.6) is 5.75 Å². The highest BCUT2D eigenvalue weighted by atomic mass is 35.5. The molecule has 0 aromatic heterocycles. The number of nitro benzene ring substituents is 1. The predicted octanol–water partition coefficient (Wildman–Crippen LogP) is 3.01. The Hall–Kier alpha value is -1.33. The van der Waals surface area contributed by atoms with E-state index in [2.05, 4.69) is 19.2 Å². The van der Waals surface area contributed by atoms with E-state index in [0.717, 1.165) is 6.42 Å². The molecule has 0 spiro atoms. The molecule has 0 heterocycles. The van der Waals surface area contributed by atoms with Crippen LogP contribution >= 0.6 is 11.6 Å². The molecule has 1 aromatic carbocycles. The fourth-order valence-corrected chi connectivity index (χ4v) is 2.62. The van der Waals surface area contributed by atoms with Gasteiger partial charge in [-0.15, -0.1) is 0 Å². The first-order chi connectivity index (χ1) is 8.86. The van der Waals surface area contributed by atoms with E-state index in [9.17, 15) is 10.1 Å². The smallest absolute Gasteiger partial charge is 0.311 e. The van der Waals surface area contributed by atoms with Crippen molar-refractivity contribution in [1.82, 2.24) is 5.32 Å². The van der Waals surface area contributed by atoms with Gasteiger partial charge >= 0.3 is 5.69 Å². The second-order valence-corrected chi connectivity index (χ2v) is 5.81. The van der Waals surface area contributed by atoms with Crippen molar-refractivity contribution in [2.24, 2.45) is 5.41 Å². The molecule has 1 fully saturated rings. The minimum absolute atomic E-state index is 0.0480. The summed E-state index contributed by atoms with van der Waals surface area (Å²) in [6.07, 6.45) is 0.773. The molecule has 1 N–H and O–H groups in total. The van der Waals surface area contributed by atoms with Crippen molar-refractivity contribution in [3.05, 3.63) is 33.3 Å². The highest BCUT2D eigenvalue weighted by Crippen LogP contribution is 2.44. The van der Waals surface area contributed by atoms with Crippen LogP contribution in [-0.4, -0.2) is 24.1 Å². The van der Waals surface area contributed by atoms with Crippen molar-refractivity contribution >= 4 is 17.3 Å². The molecule has 0 amide bonds. The van der Waals surface area contributed by atoms with Gasteiger partial charge < -0.3 is 10.1 Å². The molecule has 0 aliphatic heterocycles. The van der Waals surface area contributed by atoms with Crippen LogP contribution in [0.15, 0.2) is 18.2 Å². The van der Waals surface area contributed by atoms with Crippen molar-refractivity contribution in [3.8, 4) is 5.75 Å². The Balaban J connectivity index is 2.21. The van der Waals surface area contributed by atoms with Gasteiger partial charge in [0.05, 0.1) is 4.92 Å². The minimum atomic E-state index is -0.452. The molecule has 5 nitrogen and oxygen atoms in total. The van der Waals surface area contributed by atoms with E-state index in [4.69, 9.17) is 16.3 Å². The van der Waals surface area contributed by atoms with Crippen molar-refractivity contribution < 1.29 is 9.66 Å². The molecular weight excluding hydrogens is 268 g/mol. The van der Waals surface area contributed by atoms with E-state index in [1.54, 1.807) is 0 Å². The molecule has 2 atom stereocenters. The molecule has 19 heavy (non-hydrogen) atoms. The van der Waals surface area contributed by atoms with Crippen molar-refractivity contribution in [3.63, 3.8) is 0 Å². The second kappa shape index (κ2) is 4.98. The monoisotopic (exact) mass is 284 g/mol. The number of ether oxygens (including phenoxy) is 1. The summed E-state index contributed by atoms with van der Waals surface area (Å²) in [5.74, 6) is 0.241. The van der Waals surface area contributed by atoms with Crippen LogP contribution in [0.3, 0.4) is 0 Å². The van der Waals surface area contributed by atoms with Crippen LogP contribution in [0.25, 0.3) is 0 Å². The molecule has 0 bridgehead atoms. The van der Waals surface area contributed by atoms with E-state index in [1.807, 2.05) is 7.05 Å². The van der Waals surface area contributed by atoms with Gasteiger partial charge in [0.25, 0.3) is 0 Å². The van der Waals surface area contributed by atoms with Crippen LogP contribution < -0.4 is 10.1 Å². The van der Waals surface area contributed by atoms with E-state index in [0.29, 0.717) is 11.1 Å². The molecule has 2 rings (SSSR count). The van der Waals surface area contributed by atoms with Gasteiger partial charge in [-0.1, -0.05) is 25.4 Å². The molecule has 1 aliphatic carbocycles. The normalized spacial score (nSPS) is 24.6. The number of nitrogens with zero attached hydrogens (tertiary/aromatic N) is 1. The fraction of sp³-hybridized carbons (Fsp3) is 0.538. The van der Waals surface area contributed by atoms with Crippen molar-refractivity contribution in [1.29, 1.82) is 0 Å². The summed E-state index contributed by atoms with van der Waals surface area (Å²) < 4.78 is 5.80. The number of nitro groups is 1. The Morgan fingerprint density at radius 2 is 2.21 bits per heavy atom. The number of hydrogen-bond donors (Lipinski definition) is 1. The lowest BCUT2D eigenvalue weighted by Crippen LogP contribution is -2.61. The first-order valence-electron chi connectivity index (χ1n) is 6.14. The average Bonchev–Trinajstić information content (AvgIpc) is 2.33. The lowest BCUT2D eigenvalue weighted by Gasteiger charge is -2.51. The number of benzene rings is 1. The van der Waals surface area contributed by atoms with Gasteiger partial charge in [-0.25, -0.2) is 0 Å². The summed E-state index contributed by atoms with van der Waals surface area (Å²) in [7, 11) is 1.91. The van der Waals surface area contributed by atoms with Gasteiger partial charge in [-0.05, 0) is 13.1 Å². The average molecular weight is 285 g/mol. The molecular formula is C13H17ClN2O3. The van der Waals surface area contributed by atoms with Gasteiger partial charge in [-0.3, -0.25) is 10.1 Å². The topological polar surface area (TPSA) is 64.4 Å². The summed E-state index contributed by atoms with van der Waals surface area (Å²) in [6, 6.07) is 4.73. The lowest BCUT2D eigenvalue weighted by atomic mass is 9.64. The van der Waals surface area contributed by atoms with Gasteiger partial charge in [0, 0.05) is 35.0 Å². The van der Waals surface area contributed by atoms with Gasteiger partial charge in [0.1, 0.15) is 6.10 Å². The fourth-order valence-electron chi connectivity index (χ4n) is 2.46. The van der Waals surface area contributed by atoms with Crippen LogP contribution in [-0.2, 0) is 0 Å². The first kappa shape index (κ1) is 14.1. The van der Waals surface area contributed by atoms with Gasteiger partial charge in [0.2, 0.25) is 0 Å². The Morgan fingerprint density at radius 1 is 1.53 bits per heavy atom. The number of hydrogen-bond acceptors (Lipinski definition) is 4. The quantitative estimate of drug-likeness (QED) is 0.682. The van der Waals surface area contributed by atoms with Crippen LogP contribution in [0.2, 0.25) is 5.02 Å². The molecule has 1 saturated carbocycles. The third kappa shape index (κ3) is 2.53. The second-order valence-electron chi connectivity index (χ2n) is 5.37. The van der Waals surface area contributed by atoms with Crippen molar-refractivity contribution in [2.45, 2.75) is 32.4 Å². The van der Waals surface area contributed by atoms with E-state index >= 15 is 0 Å². The largest absolute Gasteiger partial charge is 0.483 e. The number of rotatable bonds is 4. The zero-order chi connectivity index (χ0) is 14.2. The van der Waals surface area contributed by atoms with Crippen LogP contribution in [0, 0.1) is 15.5 Å². The van der Waals surface area contributed by atoms with Gasteiger partial charge in [-0.2, -0.15) is 0 Å². The summed E-state index contributed by atoms with van der Waals surface area (Å²) in [4.78, 5) is 10.5. The van der Waals surface area contributed by atoms with E-state index in [1.165, 1.54) is 18.2 Å². The zero-order valence-corrected chi connectivity index (χ0v) is 11.9. The maximum atomic E-state index is 11.0. The highest BCUT2D eigenvalue weighted by molar-refractivity contribution is 6.30. The molecule has 1 aliphatic rings. The van der Waals surface area contributed by atoms with Crippen LogP contribution in [0.4, 0.5) is 5.69 Å². The number of halogens is 1. The van der Waals surface area contributed by atoms with E-state index < -0.39 is 4.92 Å². The maximum absolute atomic E-state index is 11.0. The first-order valence-corrected chi connectivity index (χ1v) is 6.52. The van der Waals surface area contributed by atoms with Crippen LogP contribution in [0.1, 0.15) is 20.3 Å². The molecule has 0 radical (unpaired) electrons. The molecule has 2 unspecified atom stereocenters. The zero-order valence-electron chi connectivity index (χ0n) is 11.1. The maximum Gasteiger partial charge on any atom is 0.311 e. The van der Waals surface area contributed by atoms with E-state index in [-0.39, 0.29) is 23.0 Å². The standard InChI is InChI=1S/C13H17ClN2O3/c1-13(2)11(15-3)7-12(13)19-10-6-8(14)4-5-9(10)16(17)18/h4-6,11-12,15H,7H2,1-3H3. The molecule has 104 valence electrons. The summed E-state index contributed by atoms with van der Waals surface area (Å²) in [5, 5.41) is 14.6. The Labute approximate surface area is 117 Å². The molecule has 1 aromatic rings. The Kier molecular flexibility index (Phi) is 3.69. The van der Waals surface area contributed by atoms with Crippen molar-refractivity contribution in [2.75, 3.05) is 7.05 Å². The molecule has 6 heteroatoms.